The van der Waals surface area contributed by atoms with E-state index < -0.39 is 0 Å². The lowest BCUT2D eigenvalue weighted by Gasteiger charge is -2.35. The van der Waals surface area contributed by atoms with Gasteiger partial charge in [-0.1, -0.05) is 18.2 Å². The van der Waals surface area contributed by atoms with Gasteiger partial charge in [-0.05, 0) is 37.7 Å². The van der Waals surface area contributed by atoms with Gasteiger partial charge in [0.15, 0.2) is 0 Å². The third-order valence-electron chi connectivity index (χ3n) is 4.44. The molecule has 0 atom stereocenters. The molecule has 0 bridgehead atoms. The highest BCUT2D eigenvalue weighted by Gasteiger charge is 2.17. The van der Waals surface area contributed by atoms with Gasteiger partial charge in [0.2, 0.25) is 5.91 Å². The van der Waals surface area contributed by atoms with Crippen LogP contribution in [-0.2, 0) is 17.8 Å². The molecule has 1 aromatic carbocycles. The second-order valence-corrected chi connectivity index (χ2v) is 7.76. The molecule has 1 aliphatic heterocycles. The first-order chi connectivity index (χ1) is 11.6. The number of para-hydroxylation sites is 1. The highest BCUT2D eigenvalue weighted by atomic mass is 32.1. The number of amides is 1. The van der Waals surface area contributed by atoms with Crippen LogP contribution < -0.4 is 10.2 Å². The van der Waals surface area contributed by atoms with E-state index in [2.05, 4.69) is 53.4 Å². The monoisotopic (exact) mass is 343 g/mol. The van der Waals surface area contributed by atoms with E-state index in [-0.39, 0.29) is 5.91 Å². The summed E-state index contributed by atoms with van der Waals surface area (Å²) in [6.45, 7) is 6.90. The van der Waals surface area contributed by atoms with E-state index in [1.54, 1.807) is 11.3 Å². The average molecular weight is 343 g/mol. The second kappa shape index (κ2) is 7.81. The van der Waals surface area contributed by atoms with E-state index in [4.69, 9.17) is 0 Å². The topological polar surface area (TPSA) is 35.6 Å². The molecular weight excluding hydrogens is 318 g/mol. The number of hydrogen-bond donors (Lipinski definition) is 1. The average Bonchev–Trinajstić information content (AvgIpc) is 2.99. The van der Waals surface area contributed by atoms with Crippen LogP contribution in [0.1, 0.15) is 15.3 Å². The van der Waals surface area contributed by atoms with Gasteiger partial charge in [0.25, 0.3) is 0 Å². The molecule has 1 amide bonds. The molecule has 4 nitrogen and oxygen atoms in total. The number of nitrogens with one attached hydrogen (secondary N) is 1. The van der Waals surface area contributed by atoms with Crippen molar-refractivity contribution >= 4 is 22.9 Å². The van der Waals surface area contributed by atoms with Gasteiger partial charge in [-0.15, -0.1) is 11.3 Å². The van der Waals surface area contributed by atoms with Gasteiger partial charge >= 0.3 is 0 Å². The first-order valence-corrected chi connectivity index (χ1v) is 9.27. The van der Waals surface area contributed by atoms with Crippen LogP contribution in [0.15, 0.2) is 36.4 Å². The minimum atomic E-state index is 0.0880. The Morgan fingerprint density at radius 3 is 2.58 bits per heavy atom. The zero-order valence-corrected chi connectivity index (χ0v) is 15.2. The summed E-state index contributed by atoms with van der Waals surface area (Å²) in [4.78, 5) is 19.3. The largest absolute Gasteiger partial charge is 0.369 e. The Morgan fingerprint density at radius 1 is 1.12 bits per heavy atom. The summed E-state index contributed by atoms with van der Waals surface area (Å²) in [6, 6.07) is 12.5. The smallest absolute Gasteiger partial charge is 0.225 e. The number of nitrogens with zero attached hydrogens (tertiary/aromatic N) is 2. The van der Waals surface area contributed by atoms with Gasteiger partial charge in [-0.25, -0.2) is 0 Å². The molecular formula is C19H25N3OS. The van der Waals surface area contributed by atoms with E-state index in [0.717, 1.165) is 31.1 Å². The van der Waals surface area contributed by atoms with Crippen molar-refractivity contribution in [2.75, 3.05) is 38.1 Å². The summed E-state index contributed by atoms with van der Waals surface area (Å²) >= 11 is 1.69. The number of carbonyl (C=O) groups is 1. The van der Waals surface area contributed by atoms with Gasteiger partial charge in [0, 0.05) is 48.2 Å². The fraction of sp³-hybridized carbons (Fsp3) is 0.421. The van der Waals surface area contributed by atoms with Crippen LogP contribution in [0.25, 0.3) is 0 Å². The maximum atomic E-state index is 12.2. The van der Waals surface area contributed by atoms with E-state index in [9.17, 15) is 4.79 Å². The standard InChI is InChI=1S/C19H25N3OS/c1-15-7-8-17(24-15)13-19(23)20-14-16-5-3-4-6-18(16)22-11-9-21(2)10-12-22/h3-8H,9-14H2,1-2H3,(H,20,23). The molecule has 0 radical (unpaired) electrons. The van der Waals surface area contributed by atoms with Crippen molar-refractivity contribution in [2.45, 2.75) is 19.9 Å². The molecule has 24 heavy (non-hydrogen) atoms. The summed E-state index contributed by atoms with van der Waals surface area (Å²) in [5.41, 5.74) is 2.44. The van der Waals surface area contributed by atoms with Crippen LogP contribution in [0, 0.1) is 6.92 Å². The Morgan fingerprint density at radius 2 is 1.88 bits per heavy atom. The number of anilines is 1. The fourth-order valence-corrected chi connectivity index (χ4v) is 3.90. The molecule has 0 spiro atoms. The fourth-order valence-electron chi connectivity index (χ4n) is 3.01. The van der Waals surface area contributed by atoms with Crippen molar-refractivity contribution in [3.8, 4) is 0 Å². The van der Waals surface area contributed by atoms with Crippen LogP contribution >= 0.6 is 11.3 Å². The number of rotatable bonds is 5. The molecule has 1 aliphatic rings. The van der Waals surface area contributed by atoms with Crippen molar-refractivity contribution in [3.05, 3.63) is 51.7 Å². The van der Waals surface area contributed by atoms with E-state index in [1.807, 2.05) is 12.1 Å². The molecule has 1 fully saturated rings. The number of piperazine rings is 1. The molecule has 0 aliphatic carbocycles. The minimum absolute atomic E-state index is 0.0880. The van der Waals surface area contributed by atoms with Gasteiger partial charge in [-0.3, -0.25) is 4.79 Å². The number of carbonyl (C=O) groups excluding carboxylic acids is 1. The zero-order chi connectivity index (χ0) is 16.9. The highest BCUT2D eigenvalue weighted by Crippen LogP contribution is 2.22. The molecule has 0 saturated carbocycles. The quantitative estimate of drug-likeness (QED) is 0.907. The molecule has 3 rings (SSSR count). The zero-order valence-electron chi connectivity index (χ0n) is 14.4. The van der Waals surface area contributed by atoms with Crippen LogP contribution in [0.5, 0.6) is 0 Å². The lowest BCUT2D eigenvalue weighted by molar-refractivity contribution is -0.120. The number of likely N-dealkylation sites (N-methyl/N-ethyl adjacent to an activating group) is 1. The minimum Gasteiger partial charge on any atom is -0.369 e. The third-order valence-corrected chi connectivity index (χ3v) is 5.44. The lowest BCUT2D eigenvalue weighted by Crippen LogP contribution is -2.45. The van der Waals surface area contributed by atoms with Crippen LogP contribution in [0.2, 0.25) is 0 Å². The van der Waals surface area contributed by atoms with Crippen molar-refractivity contribution in [1.29, 1.82) is 0 Å². The highest BCUT2D eigenvalue weighted by molar-refractivity contribution is 7.12. The molecule has 1 N–H and O–H groups in total. The Labute approximate surface area is 148 Å². The molecule has 1 saturated heterocycles. The van der Waals surface area contributed by atoms with Crippen LogP contribution in [0.3, 0.4) is 0 Å². The molecule has 128 valence electrons. The molecule has 1 aromatic heterocycles. The Hall–Kier alpha value is -1.85. The predicted octanol–water partition coefficient (Wildman–Crippen LogP) is 2.67. The maximum absolute atomic E-state index is 12.2. The maximum Gasteiger partial charge on any atom is 0.225 e. The Kier molecular flexibility index (Phi) is 5.53. The molecule has 2 aromatic rings. The van der Waals surface area contributed by atoms with Crippen molar-refractivity contribution in [2.24, 2.45) is 0 Å². The van der Waals surface area contributed by atoms with E-state index >= 15 is 0 Å². The summed E-state index contributed by atoms with van der Waals surface area (Å²) in [5.74, 6) is 0.0880. The third kappa shape index (κ3) is 4.36. The van der Waals surface area contributed by atoms with Crippen molar-refractivity contribution in [1.82, 2.24) is 10.2 Å². The Bertz CT molecular complexity index is 689. The number of thiophene rings is 1. The first kappa shape index (κ1) is 17.0. The summed E-state index contributed by atoms with van der Waals surface area (Å²) in [5, 5.41) is 3.08. The van der Waals surface area contributed by atoms with E-state index in [1.165, 1.54) is 16.1 Å². The second-order valence-electron chi connectivity index (χ2n) is 6.38. The van der Waals surface area contributed by atoms with Gasteiger partial charge in [0.1, 0.15) is 0 Å². The number of aryl methyl sites for hydroxylation is 1. The van der Waals surface area contributed by atoms with Crippen molar-refractivity contribution in [3.63, 3.8) is 0 Å². The van der Waals surface area contributed by atoms with E-state index in [0.29, 0.717) is 13.0 Å². The van der Waals surface area contributed by atoms with Crippen LogP contribution in [-0.4, -0.2) is 44.0 Å². The normalized spacial score (nSPS) is 15.5. The molecule has 0 unspecified atom stereocenters. The number of benzene rings is 1. The lowest BCUT2D eigenvalue weighted by atomic mass is 10.1. The predicted molar refractivity (Wildman–Crippen MR) is 101 cm³/mol. The van der Waals surface area contributed by atoms with Gasteiger partial charge in [-0.2, -0.15) is 0 Å². The Balaban J connectivity index is 1.59. The molecule has 2 heterocycles. The first-order valence-electron chi connectivity index (χ1n) is 8.45. The van der Waals surface area contributed by atoms with Gasteiger partial charge in [0.05, 0.1) is 6.42 Å². The summed E-state index contributed by atoms with van der Waals surface area (Å²) in [7, 11) is 2.16. The molecule has 5 heteroatoms. The van der Waals surface area contributed by atoms with Gasteiger partial charge < -0.3 is 15.1 Å². The number of hydrogen-bond acceptors (Lipinski definition) is 4. The summed E-state index contributed by atoms with van der Waals surface area (Å²) < 4.78 is 0. The van der Waals surface area contributed by atoms with Crippen LogP contribution in [0.4, 0.5) is 5.69 Å². The summed E-state index contributed by atoms with van der Waals surface area (Å²) in [6.07, 6.45) is 0.467. The van der Waals surface area contributed by atoms with Crippen molar-refractivity contribution < 1.29 is 4.79 Å². The SMILES string of the molecule is Cc1ccc(CC(=O)NCc2ccccc2N2CCN(C)CC2)s1.